The summed E-state index contributed by atoms with van der Waals surface area (Å²) < 4.78 is 21.0. The van der Waals surface area contributed by atoms with Gasteiger partial charge in [0.05, 0.1) is 28.6 Å². The first-order valence-electron chi connectivity index (χ1n) is 10.2. The van der Waals surface area contributed by atoms with E-state index in [-0.39, 0.29) is 22.9 Å². The van der Waals surface area contributed by atoms with Crippen molar-refractivity contribution in [2.75, 3.05) is 32.9 Å². The number of aliphatic imine (C=N–C) groups is 1. The van der Waals surface area contributed by atoms with Crippen LogP contribution in [0.4, 0.5) is 5.82 Å². The van der Waals surface area contributed by atoms with Crippen LogP contribution in [0.2, 0.25) is 18.1 Å². The van der Waals surface area contributed by atoms with Gasteiger partial charge in [0.1, 0.15) is 12.3 Å². The standard InChI is InChI=1S/C20H35IN4O4SSi/c1-20(2,3)31(7,8)28-11-16-15(27-13-30-6)9-17(29-16)25-10-14(21)18(23-19(25)26)22-12-24(4)5/h10,12,15-17H,9,11,13H2,1-8H3/b22-12+/t15?,16-,17-/m1/s1. The third-order valence-electron chi connectivity index (χ3n) is 5.60. The zero-order chi connectivity index (χ0) is 23.4. The maximum Gasteiger partial charge on any atom is 0.351 e. The van der Waals surface area contributed by atoms with Crippen LogP contribution in [0.1, 0.15) is 33.4 Å². The predicted molar refractivity (Wildman–Crippen MR) is 138 cm³/mol. The number of hydrogen-bond donors (Lipinski definition) is 0. The summed E-state index contributed by atoms with van der Waals surface area (Å²) in [7, 11) is 1.81. The fourth-order valence-electron chi connectivity index (χ4n) is 2.76. The Morgan fingerprint density at radius 2 is 2.13 bits per heavy atom. The van der Waals surface area contributed by atoms with Gasteiger partial charge >= 0.3 is 5.69 Å². The molecule has 0 aliphatic carbocycles. The molecule has 0 radical (unpaired) electrons. The van der Waals surface area contributed by atoms with Gasteiger partial charge in [-0.1, -0.05) is 20.8 Å². The molecule has 176 valence electrons. The molecule has 0 amide bonds. The molecule has 1 aliphatic rings. The second kappa shape index (κ2) is 11.1. The van der Waals surface area contributed by atoms with E-state index >= 15 is 0 Å². The molecule has 3 atom stereocenters. The minimum atomic E-state index is -1.92. The topological polar surface area (TPSA) is 78.2 Å². The van der Waals surface area contributed by atoms with Crippen LogP contribution in [0.5, 0.6) is 0 Å². The normalized spacial score (nSPS) is 22.4. The van der Waals surface area contributed by atoms with Gasteiger partial charge in [-0.05, 0) is 47.0 Å². The first-order valence-corrected chi connectivity index (χ1v) is 15.6. The summed E-state index contributed by atoms with van der Waals surface area (Å²) in [4.78, 5) is 22.9. The first-order chi connectivity index (χ1) is 14.4. The van der Waals surface area contributed by atoms with Gasteiger partial charge in [0.25, 0.3) is 0 Å². The number of hydrogen-bond acceptors (Lipinski definition) is 7. The van der Waals surface area contributed by atoms with E-state index in [1.54, 1.807) is 29.2 Å². The van der Waals surface area contributed by atoms with E-state index in [0.717, 1.165) is 3.57 Å². The largest absolute Gasteiger partial charge is 0.414 e. The molecule has 1 fully saturated rings. The molecule has 8 nitrogen and oxygen atoms in total. The van der Waals surface area contributed by atoms with E-state index in [1.165, 1.54) is 4.57 Å². The average molecular weight is 583 g/mol. The number of thioether (sulfide) groups is 1. The van der Waals surface area contributed by atoms with Gasteiger partial charge in [0, 0.05) is 26.7 Å². The Balaban J connectivity index is 2.21. The van der Waals surface area contributed by atoms with Crippen LogP contribution in [-0.4, -0.2) is 74.2 Å². The van der Waals surface area contributed by atoms with Crippen LogP contribution in [0.3, 0.4) is 0 Å². The summed E-state index contributed by atoms with van der Waals surface area (Å²) in [6, 6.07) is 0. The maximum absolute atomic E-state index is 12.7. The maximum atomic E-state index is 12.7. The predicted octanol–water partition coefficient (Wildman–Crippen LogP) is 4.08. The Kier molecular flexibility index (Phi) is 9.59. The Bertz CT molecular complexity index is 828. The number of rotatable bonds is 9. The Hall–Kier alpha value is -0.473. The summed E-state index contributed by atoms with van der Waals surface area (Å²) in [6.07, 6.45) is 5.13. The third kappa shape index (κ3) is 7.26. The summed E-state index contributed by atoms with van der Waals surface area (Å²) in [5, 5.41) is 0.112. The second-order valence-corrected chi connectivity index (χ2v) is 16.1. The van der Waals surface area contributed by atoms with E-state index in [4.69, 9.17) is 13.9 Å². The molecule has 2 heterocycles. The second-order valence-electron chi connectivity index (χ2n) is 9.36. The Labute approximate surface area is 204 Å². The highest BCUT2D eigenvalue weighted by Gasteiger charge is 2.42. The average Bonchev–Trinajstić information content (AvgIpc) is 3.07. The number of halogens is 1. The van der Waals surface area contributed by atoms with Crippen molar-refractivity contribution in [1.29, 1.82) is 0 Å². The lowest BCUT2D eigenvalue weighted by Gasteiger charge is -2.37. The highest BCUT2D eigenvalue weighted by atomic mass is 127. The van der Waals surface area contributed by atoms with Gasteiger partial charge in [0.15, 0.2) is 14.1 Å². The van der Waals surface area contributed by atoms with Gasteiger partial charge in [-0.25, -0.2) is 9.79 Å². The van der Waals surface area contributed by atoms with Crippen LogP contribution in [0.15, 0.2) is 16.0 Å². The third-order valence-corrected chi connectivity index (χ3v) is 11.2. The molecule has 1 aromatic heterocycles. The Morgan fingerprint density at radius 3 is 2.71 bits per heavy atom. The van der Waals surface area contributed by atoms with Crippen molar-refractivity contribution in [2.45, 2.75) is 63.8 Å². The van der Waals surface area contributed by atoms with E-state index < -0.39 is 14.5 Å². The first kappa shape index (κ1) is 26.8. The zero-order valence-corrected chi connectivity index (χ0v) is 23.7. The van der Waals surface area contributed by atoms with Crippen LogP contribution >= 0.6 is 34.4 Å². The van der Waals surface area contributed by atoms with Crippen molar-refractivity contribution in [3.05, 3.63) is 20.3 Å². The van der Waals surface area contributed by atoms with Gasteiger partial charge in [-0.15, -0.1) is 11.8 Å². The van der Waals surface area contributed by atoms with Gasteiger partial charge < -0.3 is 18.8 Å². The molecule has 0 bridgehead atoms. The Morgan fingerprint density at radius 1 is 1.45 bits per heavy atom. The van der Waals surface area contributed by atoms with Crippen LogP contribution in [0, 0.1) is 3.57 Å². The van der Waals surface area contributed by atoms with Gasteiger partial charge in [0.2, 0.25) is 0 Å². The number of nitrogens with zero attached hydrogens (tertiary/aromatic N) is 4. The molecule has 0 saturated carbocycles. The SMILES string of the molecule is CSCOC1C[C@H](n2cc(I)c(/N=C/N(C)C)nc2=O)O[C@@H]1CO[Si](C)(C)C(C)(C)C. The molecule has 1 saturated heterocycles. The van der Waals surface area contributed by atoms with Crippen LogP contribution < -0.4 is 5.69 Å². The number of ether oxygens (including phenoxy) is 2. The molecule has 0 aromatic carbocycles. The van der Waals surface area contributed by atoms with E-state index in [9.17, 15) is 4.79 Å². The monoisotopic (exact) mass is 582 g/mol. The fourth-order valence-corrected chi connectivity index (χ4v) is 4.65. The number of aromatic nitrogens is 2. The van der Waals surface area contributed by atoms with Crippen molar-refractivity contribution in [2.24, 2.45) is 4.99 Å². The van der Waals surface area contributed by atoms with Crippen molar-refractivity contribution in [3.63, 3.8) is 0 Å². The van der Waals surface area contributed by atoms with E-state index in [0.29, 0.717) is 24.8 Å². The molecule has 1 unspecified atom stereocenters. The molecule has 1 aliphatic heterocycles. The summed E-state index contributed by atoms with van der Waals surface area (Å²) >= 11 is 3.76. The minimum Gasteiger partial charge on any atom is -0.414 e. The molecule has 0 spiro atoms. The fraction of sp³-hybridized carbons (Fsp3) is 0.750. The highest BCUT2D eigenvalue weighted by molar-refractivity contribution is 14.1. The molecular formula is C20H35IN4O4SSi. The molecule has 0 N–H and O–H groups in total. The van der Waals surface area contributed by atoms with Crippen molar-refractivity contribution in [1.82, 2.24) is 14.5 Å². The molecule has 1 aromatic rings. The summed E-state index contributed by atoms with van der Waals surface area (Å²) in [5.41, 5.74) is -0.383. The highest BCUT2D eigenvalue weighted by Crippen LogP contribution is 2.38. The van der Waals surface area contributed by atoms with Gasteiger partial charge in [-0.3, -0.25) is 4.57 Å². The lowest BCUT2D eigenvalue weighted by molar-refractivity contribution is -0.0529. The van der Waals surface area contributed by atoms with Crippen LogP contribution in [-0.2, 0) is 13.9 Å². The molecule has 31 heavy (non-hydrogen) atoms. The quantitative estimate of drug-likeness (QED) is 0.143. The van der Waals surface area contributed by atoms with E-state index in [2.05, 4.69) is 66.4 Å². The summed E-state index contributed by atoms with van der Waals surface area (Å²) in [5.74, 6) is 0.974. The smallest absolute Gasteiger partial charge is 0.351 e. The minimum absolute atomic E-state index is 0.112. The van der Waals surface area contributed by atoms with Crippen LogP contribution in [0.25, 0.3) is 0 Å². The van der Waals surface area contributed by atoms with Crippen molar-refractivity contribution >= 4 is 54.8 Å². The lowest BCUT2D eigenvalue weighted by Crippen LogP contribution is -2.44. The van der Waals surface area contributed by atoms with Crippen molar-refractivity contribution in [3.8, 4) is 0 Å². The summed E-state index contributed by atoms with van der Waals surface area (Å²) in [6.45, 7) is 11.5. The zero-order valence-electron chi connectivity index (χ0n) is 19.7. The molecule has 11 heteroatoms. The molecule has 2 rings (SSSR count). The molecular weight excluding hydrogens is 547 g/mol. The van der Waals surface area contributed by atoms with Gasteiger partial charge in [-0.2, -0.15) is 4.98 Å². The van der Waals surface area contributed by atoms with Crippen molar-refractivity contribution < 1.29 is 13.9 Å². The lowest BCUT2D eigenvalue weighted by atomic mass is 10.2. The van der Waals surface area contributed by atoms with E-state index in [1.807, 2.05) is 20.4 Å².